The molecule has 86 valence electrons. The molecule has 2 unspecified atom stereocenters. The van der Waals surface area contributed by atoms with E-state index in [1.165, 1.54) is 17.5 Å². The number of rotatable bonds is 0. The van der Waals surface area contributed by atoms with Crippen LogP contribution in [0, 0.1) is 5.92 Å². The van der Waals surface area contributed by atoms with Crippen LogP contribution in [0.15, 0.2) is 18.2 Å². The summed E-state index contributed by atoms with van der Waals surface area (Å²) >= 11 is 0. The number of benzene rings is 1. The number of hydrogen-bond donors (Lipinski definition) is 2. The van der Waals surface area contributed by atoms with Gasteiger partial charge in [-0.25, -0.2) is 0 Å². The molecule has 0 spiro atoms. The monoisotopic (exact) mass is 217 g/mol. The van der Waals surface area contributed by atoms with Crippen molar-refractivity contribution >= 4 is 0 Å². The zero-order valence-corrected chi connectivity index (χ0v) is 9.96. The minimum absolute atomic E-state index is 0.179. The summed E-state index contributed by atoms with van der Waals surface area (Å²) in [7, 11) is 0. The van der Waals surface area contributed by atoms with E-state index in [-0.39, 0.29) is 5.41 Å². The van der Waals surface area contributed by atoms with E-state index in [2.05, 4.69) is 25.2 Å². The Balaban J connectivity index is 2.19. The van der Waals surface area contributed by atoms with Crippen LogP contribution in [0.4, 0.5) is 0 Å². The van der Waals surface area contributed by atoms with Gasteiger partial charge >= 0.3 is 0 Å². The molecule has 2 aliphatic rings. The van der Waals surface area contributed by atoms with E-state index >= 15 is 0 Å². The molecule has 2 bridgehead atoms. The van der Waals surface area contributed by atoms with E-state index in [0.29, 0.717) is 17.6 Å². The number of hydrogen-bond acceptors (Lipinski definition) is 2. The van der Waals surface area contributed by atoms with Crippen molar-refractivity contribution in [1.29, 1.82) is 0 Å². The van der Waals surface area contributed by atoms with Crippen molar-refractivity contribution in [2.75, 3.05) is 13.1 Å². The summed E-state index contributed by atoms with van der Waals surface area (Å²) in [6.07, 6.45) is 1.29. The van der Waals surface area contributed by atoms with Gasteiger partial charge in [-0.05, 0) is 53.5 Å². The average molecular weight is 217 g/mol. The quantitative estimate of drug-likeness (QED) is 0.699. The molecule has 0 radical (unpaired) electrons. The maximum absolute atomic E-state index is 9.67. The highest BCUT2D eigenvalue weighted by molar-refractivity contribution is 5.44. The van der Waals surface area contributed by atoms with Gasteiger partial charge in [-0.2, -0.15) is 0 Å². The summed E-state index contributed by atoms with van der Waals surface area (Å²) in [6, 6.07) is 5.91. The smallest absolute Gasteiger partial charge is 0.115 e. The average Bonchev–Trinajstić information content (AvgIpc) is 2.28. The molecule has 2 atom stereocenters. The number of nitrogens with one attached hydrogen (secondary N) is 1. The number of phenolic OH excluding ortho intramolecular Hbond substituents is 1. The summed E-state index contributed by atoms with van der Waals surface area (Å²) in [5, 5.41) is 13.2. The van der Waals surface area contributed by atoms with Crippen LogP contribution in [-0.4, -0.2) is 18.2 Å². The van der Waals surface area contributed by atoms with Gasteiger partial charge in [0.2, 0.25) is 0 Å². The topological polar surface area (TPSA) is 32.3 Å². The molecule has 1 fully saturated rings. The maximum Gasteiger partial charge on any atom is 0.115 e. The second kappa shape index (κ2) is 3.24. The van der Waals surface area contributed by atoms with E-state index in [1.807, 2.05) is 12.1 Å². The van der Waals surface area contributed by atoms with E-state index in [9.17, 15) is 5.11 Å². The highest BCUT2D eigenvalue weighted by Gasteiger charge is 2.42. The number of piperidine rings is 1. The molecular weight excluding hydrogens is 198 g/mol. The molecule has 0 amide bonds. The van der Waals surface area contributed by atoms with Gasteiger partial charge in [0.1, 0.15) is 5.75 Å². The van der Waals surface area contributed by atoms with Crippen LogP contribution in [0.2, 0.25) is 0 Å². The second-order valence-corrected chi connectivity index (χ2v) is 5.78. The van der Waals surface area contributed by atoms with Gasteiger partial charge in [-0.3, -0.25) is 0 Å². The fourth-order valence-corrected chi connectivity index (χ4v) is 3.41. The minimum atomic E-state index is 0.179. The second-order valence-electron chi connectivity index (χ2n) is 5.78. The lowest BCUT2D eigenvalue weighted by Gasteiger charge is -2.47. The molecule has 2 nitrogen and oxygen atoms in total. The molecule has 1 aromatic rings. The molecule has 3 rings (SSSR count). The first-order valence-electron chi connectivity index (χ1n) is 6.13. The van der Waals surface area contributed by atoms with Crippen LogP contribution in [0.1, 0.15) is 37.3 Å². The van der Waals surface area contributed by atoms with Gasteiger partial charge in [0.25, 0.3) is 0 Å². The van der Waals surface area contributed by atoms with Crippen LogP contribution >= 0.6 is 0 Å². The van der Waals surface area contributed by atoms with Crippen LogP contribution < -0.4 is 5.32 Å². The summed E-state index contributed by atoms with van der Waals surface area (Å²) in [4.78, 5) is 0. The molecule has 2 N–H and O–H groups in total. The Bertz CT molecular complexity index is 425. The summed E-state index contributed by atoms with van der Waals surface area (Å²) in [5.41, 5.74) is 2.97. The van der Waals surface area contributed by atoms with Crippen LogP contribution in [0.25, 0.3) is 0 Å². The first-order chi connectivity index (χ1) is 7.59. The molecule has 2 heteroatoms. The Hall–Kier alpha value is -1.02. The highest BCUT2D eigenvalue weighted by atomic mass is 16.3. The fourth-order valence-electron chi connectivity index (χ4n) is 3.41. The zero-order valence-electron chi connectivity index (χ0n) is 9.96. The largest absolute Gasteiger partial charge is 0.508 e. The standard InChI is InChI=1S/C14H19NO/c1-14(2)10-5-9(7-15-8-10)12-4-3-11(16)6-13(12)14/h3-4,6,9-10,15-16H,5,7-8H2,1-2H3. The van der Waals surface area contributed by atoms with Crippen molar-refractivity contribution in [3.8, 4) is 5.75 Å². The van der Waals surface area contributed by atoms with E-state index in [1.54, 1.807) is 0 Å². The lowest BCUT2D eigenvalue weighted by molar-refractivity contribution is 0.208. The third kappa shape index (κ3) is 1.29. The minimum Gasteiger partial charge on any atom is -0.508 e. The highest BCUT2D eigenvalue weighted by Crippen LogP contribution is 2.48. The number of phenols is 1. The Kier molecular flexibility index (Phi) is 2.05. The molecule has 1 aliphatic carbocycles. The molecule has 0 aromatic heterocycles. The van der Waals surface area contributed by atoms with Crippen molar-refractivity contribution < 1.29 is 5.11 Å². The first-order valence-corrected chi connectivity index (χ1v) is 6.13. The van der Waals surface area contributed by atoms with Gasteiger partial charge in [0, 0.05) is 6.54 Å². The Morgan fingerprint density at radius 3 is 2.94 bits per heavy atom. The van der Waals surface area contributed by atoms with Crippen LogP contribution in [-0.2, 0) is 5.41 Å². The van der Waals surface area contributed by atoms with E-state index < -0.39 is 0 Å². The first kappa shape index (κ1) is 10.2. The number of aromatic hydroxyl groups is 1. The lowest BCUT2D eigenvalue weighted by Crippen LogP contribution is -2.48. The van der Waals surface area contributed by atoms with Gasteiger partial charge in [-0.1, -0.05) is 19.9 Å². The Morgan fingerprint density at radius 1 is 1.31 bits per heavy atom. The molecule has 1 aromatic carbocycles. The van der Waals surface area contributed by atoms with Gasteiger partial charge < -0.3 is 10.4 Å². The molecule has 16 heavy (non-hydrogen) atoms. The van der Waals surface area contributed by atoms with Gasteiger partial charge in [-0.15, -0.1) is 0 Å². The maximum atomic E-state index is 9.67. The van der Waals surface area contributed by atoms with Gasteiger partial charge in [0.05, 0.1) is 0 Å². The molecule has 0 saturated carbocycles. The SMILES string of the molecule is CC1(C)c2cc(O)ccc2C2CNCC1C2. The van der Waals surface area contributed by atoms with Crippen molar-refractivity contribution in [1.82, 2.24) is 5.32 Å². The third-order valence-corrected chi connectivity index (χ3v) is 4.54. The molecule has 1 saturated heterocycles. The molecule has 1 heterocycles. The predicted octanol–water partition coefficient (Wildman–Crippen LogP) is 2.38. The third-order valence-electron chi connectivity index (χ3n) is 4.54. The fraction of sp³-hybridized carbons (Fsp3) is 0.571. The van der Waals surface area contributed by atoms with Gasteiger partial charge in [0.15, 0.2) is 0 Å². The Labute approximate surface area is 96.7 Å². The van der Waals surface area contributed by atoms with Crippen molar-refractivity contribution in [3.05, 3.63) is 29.3 Å². The van der Waals surface area contributed by atoms with Crippen LogP contribution in [0.3, 0.4) is 0 Å². The summed E-state index contributed by atoms with van der Waals surface area (Å²) in [6.45, 7) is 6.81. The molecule has 1 aliphatic heterocycles. The lowest BCUT2D eigenvalue weighted by atomic mass is 9.61. The molecular formula is C14H19NO. The van der Waals surface area contributed by atoms with Crippen LogP contribution in [0.5, 0.6) is 5.75 Å². The normalized spacial score (nSPS) is 30.9. The van der Waals surface area contributed by atoms with E-state index in [4.69, 9.17) is 0 Å². The number of fused-ring (bicyclic) bond motifs is 4. The van der Waals surface area contributed by atoms with Crippen molar-refractivity contribution in [3.63, 3.8) is 0 Å². The van der Waals surface area contributed by atoms with E-state index in [0.717, 1.165) is 13.1 Å². The van der Waals surface area contributed by atoms with Crippen molar-refractivity contribution in [2.45, 2.75) is 31.6 Å². The Morgan fingerprint density at radius 2 is 2.12 bits per heavy atom. The predicted molar refractivity (Wildman–Crippen MR) is 64.9 cm³/mol. The zero-order chi connectivity index (χ0) is 11.3. The summed E-state index contributed by atoms with van der Waals surface area (Å²) < 4.78 is 0. The summed E-state index contributed by atoms with van der Waals surface area (Å²) in [5.74, 6) is 1.74. The van der Waals surface area contributed by atoms with Crippen molar-refractivity contribution in [2.24, 2.45) is 5.92 Å².